The number of benzene rings is 1. The molecule has 3 nitrogen and oxygen atoms in total. The van der Waals surface area contributed by atoms with Gasteiger partial charge in [-0.05, 0) is 49.1 Å². The third-order valence-electron chi connectivity index (χ3n) is 5.53. The molecule has 4 rings (SSSR count). The minimum Gasteiger partial charge on any atom is -0.354 e. The van der Waals surface area contributed by atoms with Gasteiger partial charge in [-0.2, -0.15) is 0 Å². The summed E-state index contributed by atoms with van der Waals surface area (Å²) in [6, 6.07) is 8.78. The molecule has 3 unspecified atom stereocenters. The first-order valence-electron chi connectivity index (χ1n) is 7.82. The van der Waals surface area contributed by atoms with Crippen LogP contribution in [-0.4, -0.2) is 18.5 Å². The van der Waals surface area contributed by atoms with Gasteiger partial charge in [-0.15, -0.1) is 0 Å². The molecule has 0 aliphatic heterocycles. The predicted octanol–water partition coefficient (Wildman–Crippen LogP) is 1.74. The van der Waals surface area contributed by atoms with Gasteiger partial charge in [0.15, 0.2) is 0 Å². The molecule has 1 aromatic rings. The van der Waals surface area contributed by atoms with E-state index >= 15 is 0 Å². The van der Waals surface area contributed by atoms with Gasteiger partial charge in [-0.25, -0.2) is 0 Å². The van der Waals surface area contributed by atoms with Crippen molar-refractivity contribution in [1.82, 2.24) is 5.32 Å². The molecule has 3 N–H and O–H groups in total. The third kappa shape index (κ3) is 1.87. The summed E-state index contributed by atoms with van der Waals surface area (Å²) >= 11 is 0. The monoisotopic (exact) mass is 270 g/mol. The van der Waals surface area contributed by atoms with Gasteiger partial charge in [-0.1, -0.05) is 24.3 Å². The van der Waals surface area contributed by atoms with Gasteiger partial charge in [0.05, 0.1) is 0 Å². The van der Waals surface area contributed by atoms with E-state index in [0.29, 0.717) is 12.5 Å². The van der Waals surface area contributed by atoms with E-state index in [4.69, 9.17) is 5.73 Å². The van der Waals surface area contributed by atoms with E-state index in [0.717, 1.165) is 19.3 Å². The van der Waals surface area contributed by atoms with Crippen molar-refractivity contribution in [1.29, 1.82) is 0 Å². The fourth-order valence-electron chi connectivity index (χ4n) is 3.97. The zero-order valence-electron chi connectivity index (χ0n) is 11.8. The molecule has 106 valence electrons. The number of carbonyl (C=O) groups excluding carboxylic acids is 1. The van der Waals surface area contributed by atoms with Crippen LogP contribution in [0.4, 0.5) is 0 Å². The van der Waals surface area contributed by atoms with E-state index in [9.17, 15) is 4.79 Å². The Morgan fingerprint density at radius 2 is 2.20 bits per heavy atom. The van der Waals surface area contributed by atoms with E-state index in [1.165, 1.54) is 24.0 Å². The molecule has 2 fully saturated rings. The summed E-state index contributed by atoms with van der Waals surface area (Å²) in [6.45, 7) is 0.651. The summed E-state index contributed by atoms with van der Waals surface area (Å²) in [4.78, 5) is 12.4. The predicted molar refractivity (Wildman–Crippen MR) is 78.3 cm³/mol. The molecule has 3 atom stereocenters. The van der Waals surface area contributed by atoms with Crippen LogP contribution in [0.15, 0.2) is 24.3 Å². The summed E-state index contributed by atoms with van der Waals surface area (Å²) in [5, 5.41) is 3.08. The molecule has 3 aliphatic rings. The number of rotatable bonds is 4. The highest BCUT2D eigenvalue weighted by Gasteiger charge is 2.61. The van der Waals surface area contributed by atoms with Crippen LogP contribution in [0.1, 0.15) is 36.8 Å². The van der Waals surface area contributed by atoms with Crippen LogP contribution in [0.2, 0.25) is 0 Å². The Balaban J connectivity index is 1.41. The van der Waals surface area contributed by atoms with Crippen molar-refractivity contribution in [3.8, 4) is 0 Å². The first-order chi connectivity index (χ1) is 9.71. The van der Waals surface area contributed by atoms with Gasteiger partial charge in [0, 0.05) is 23.9 Å². The highest BCUT2D eigenvalue weighted by molar-refractivity contribution is 5.85. The standard InChI is InChI=1S/C17H22N2O/c18-15(12-5-6-12)10-19-16(20)14-9-17(14)8-7-11-3-1-2-4-13(11)17/h1-4,12,14-15H,5-10,18H2,(H,19,20). The van der Waals surface area contributed by atoms with E-state index in [1.807, 2.05) is 0 Å². The maximum atomic E-state index is 12.4. The van der Waals surface area contributed by atoms with Gasteiger partial charge >= 0.3 is 0 Å². The Morgan fingerprint density at radius 3 is 3.00 bits per heavy atom. The van der Waals surface area contributed by atoms with Crippen molar-refractivity contribution in [2.75, 3.05) is 6.54 Å². The van der Waals surface area contributed by atoms with Gasteiger partial charge in [0.2, 0.25) is 5.91 Å². The lowest BCUT2D eigenvalue weighted by Crippen LogP contribution is -2.40. The largest absolute Gasteiger partial charge is 0.354 e. The summed E-state index contributed by atoms with van der Waals surface area (Å²) in [6.07, 6.45) is 5.75. The summed E-state index contributed by atoms with van der Waals surface area (Å²) in [5.41, 5.74) is 9.08. The highest BCUT2D eigenvalue weighted by Crippen LogP contribution is 2.61. The SMILES string of the molecule is NC(CNC(=O)C1CC12CCc1ccccc12)C1CC1. The molecular weight excluding hydrogens is 248 g/mol. The molecule has 3 heteroatoms. The Morgan fingerprint density at radius 1 is 1.40 bits per heavy atom. The molecule has 0 heterocycles. The summed E-state index contributed by atoms with van der Waals surface area (Å²) < 4.78 is 0. The van der Waals surface area contributed by atoms with Crippen molar-refractivity contribution in [2.45, 2.75) is 43.6 Å². The molecule has 1 aromatic carbocycles. The van der Waals surface area contributed by atoms with Crippen molar-refractivity contribution in [2.24, 2.45) is 17.6 Å². The average Bonchev–Trinajstić information content (AvgIpc) is 3.35. The molecular formula is C17H22N2O. The first kappa shape index (κ1) is 12.4. The van der Waals surface area contributed by atoms with Crippen molar-refractivity contribution < 1.29 is 4.79 Å². The van der Waals surface area contributed by atoms with Crippen LogP contribution >= 0.6 is 0 Å². The molecule has 0 bridgehead atoms. The maximum absolute atomic E-state index is 12.4. The zero-order chi connectivity index (χ0) is 13.7. The Kier molecular flexibility index (Phi) is 2.68. The minimum atomic E-state index is 0.157. The van der Waals surface area contributed by atoms with Crippen LogP contribution in [0.25, 0.3) is 0 Å². The second kappa shape index (κ2) is 4.32. The van der Waals surface area contributed by atoms with Crippen LogP contribution in [0.5, 0.6) is 0 Å². The number of hydrogen-bond donors (Lipinski definition) is 2. The van der Waals surface area contributed by atoms with Crippen LogP contribution in [-0.2, 0) is 16.6 Å². The number of nitrogens with one attached hydrogen (secondary N) is 1. The Hall–Kier alpha value is -1.35. The van der Waals surface area contributed by atoms with E-state index < -0.39 is 0 Å². The van der Waals surface area contributed by atoms with E-state index in [-0.39, 0.29) is 23.3 Å². The molecule has 1 amide bonds. The number of carbonyl (C=O) groups is 1. The van der Waals surface area contributed by atoms with Crippen LogP contribution in [0, 0.1) is 11.8 Å². The quantitative estimate of drug-likeness (QED) is 0.875. The minimum absolute atomic E-state index is 0.157. The second-order valence-corrected chi connectivity index (χ2v) is 6.82. The molecule has 0 saturated heterocycles. The first-order valence-corrected chi connectivity index (χ1v) is 7.82. The summed E-state index contributed by atoms with van der Waals surface area (Å²) in [7, 11) is 0. The van der Waals surface area contributed by atoms with E-state index in [2.05, 4.69) is 29.6 Å². The lowest BCUT2D eigenvalue weighted by Gasteiger charge is -2.14. The maximum Gasteiger partial charge on any atom is 0.224 e. The lowest BCUT2D eigenvalue weighted by atomic mass is 9.95. The van der Waals surface area contributed by atoms with Crippen molar-refractivity contribution in [3.05, 3.63) is 35.4 Å². The summed E-state index contributed by atoms with van der Waals surface area (Å²) in [5.74, 6) is 1.05. The van der Waals surface area contributed by atoms with Crippen molar-refractivity contribution in [3.63, 3.8) is 0 Å². The van der Waals surface area contributed by atoms with Crippen LogP contribution < -0.4 is 11.1 Å². The lowest BCUT2D eigenvalue weighted by molar-refractivity contribution is -0.122. The van der Waals surface area contributed by atoms with E-state index in [1.54, 1.807) is 0 Å². The topological polar surface area (TPSA) is 55.1 Å². The molecule has 1 spiro atoms. The number of aryl methyl sites for hydroxylation is 1. The average molecular weight is 270 g/mol. The van der Waals surface area contributed by atoms with Gasteiger partial charge < -0.3 is 11.1 Å². The fraction of sp³-hybridized carbons (Fsp3) is 0.588. The van der Waals surface area contributed by atoms with Crippen molar-refractivity contribution >= 4 is 5.91 Å². The molecule has 0 aromatic heterocycles. The van der Waals surface area contributed by atoms with Gasteiger partial charge in [-0.3, -0.25) is 4.79 Å². The smallest absolute Gasteiger partial charge is 0.224 e. The number of hydrogen-bond acceptors (Lipinski definition) is 2. The Bertz CT molecular complexity index is 552. The number of nitrogens with two attached hydrogens (primary N) is 1. The number of amides is 1. The normalized spacial score (nSPS) is 31.9. The molecule has 3 aliphatic carbocycles. The third-order valence-corrected chi connectivity index (χ3v) is 5.53. The zero-order valence-corrected chi connectivity index (χ0v) is 11.8. The fourth-order valence-corrected chi connectivity index (χ4v) is 3.97. The molecule has 20 heavy (non-hydrogen) atoms. The van der Waals surface area contributed by atoms with Gasteiger partial charge in [0.1, 0.15) is 0 Å². The highest BCUT2D eigenvalue weighted by atomic mass is 16.2. The Labute approximate surface area is 119 Å². The number of fused-ring (bicyclic) bond motifs is 2. The molecule has 0 radical (unpaired) electrons. The van der Waals surface area contributed by atoms with Gasteiger partial charge in [0.25, 0.3) is 0 Å². The van der Waals surface area contributed by atoms with Crippen LogP contribution in [0.3, 0.4) is 0 Å². The second-order valence-electron chi connectivity index (χ2n) is 6.82. The molecule has 2 saturated carbocycles.